The second-order valence-electron chi connectivity index (χ2n) is 2.45. The van der Waals surface area contributed by atoms with Crippen LogP contribution in [0.1, 0.15) is 11.1 Å². The van der Waals surface area contributed by atoms with E-state index in [-0.39, 0.29) is 11.4 Å². The van der Waals surface area contributed by atoms with Gasteiger partial charge in [0.1, 0.15) is 5.82 Å². The van der Waals surface area contributed by atoms with E-state index in [0.717, 1.165) is 0 Å². The lowest BCUT2D eigenvalue weighted by Crippen LogP contribution is -2.03. The van der Waals surface area contributed by atoms with E-state index < -0.39 is 9.61 Å². The Hall–Kier alpha value is 0.310. The van der Waals surface area contributed by atoms with Gasteiger partial charge in [-0.05, 0) is 11.6 Å². The molecule has 0 amide bonds. The molecule has 1 aromatic carbocycles. The molecular weight excluding hydrogens is 257 g/mol. The molecule has 0 saturated heterocycles. The molecule has 0 radical (unpaired) electrons. The van der Waals surface area contributed by atoms with Crippen LogP contribution >= 0.6 is 46.4 Å². The fourth-order valence-electron chi connectivity index (χ4n) is 0.872. The molecule has 0 fully saturated rings. The van der Waals surface area contributed by atoms with Gasteiger partial charge in [-0.3, -0.25) is 0 Å². The minimum Gasteiger partial charge on any atom is -0.207 e. The second-order valence-corrected chi connectivity index (χ2v) is 4.99. The standard InChI is InChI=1S/C8H5Cl4F/c9-4-5-1-2-6(7(13)3-5)8(10,11)12/h1-3H,4H2. The van der Waals surface area contributed by atoms with Gasteiger partial charge in [0.05, 0.1) is 0 Å². The zero-order chi connectivity index (χ0) is 10.1. The van der Waals surface area contributed by atoms with E-state index >= 15 is 0 Å². The highest BCUT2D eigenvalue weighted by Gasteiger charge is 2.26. The van der Waals surface area contributed by atoms with Gasteiger partial charge >= 0.3 is 0 Å². The first-order valence-electron chi connectivity index (χ1n) is 3.36. The normalized spacial score (nSPS) is 11.8. The van der Waals surface area contributed by atoms with E-state index in [9.17, 15) is 4.39 Å². The van der Waals surface area contributed by atoms with Gasteiger partial charge in [-0.2, -0.15) is 0 Å². The van der Waals surface area contributed by atoms with Gasteiger partial charge in [0.2, 0.25) is 3.79 Å². The molecule has 1 aromatic rings. The van der Waals surface area contributed by atoms with Gasteiger partial charge < -0.3 is 0 Å². The van der Waals surface area contributed by atoms with Gasteiger partial charge in [-0.1, -0.05) is 46.9 Å². The molecule has 0 bridgehead atoms. The molecule has 0 heterocycles. The smallest absolute Gasteiger partial charge is 0.207 e. The van der Waals surface area contributed by atoms with E-state index in [2.05, 4.69) is 0 Å². The summed E-state index contributed by atoms with van der Waals surface area (Å²) in [5.41, 5.74) is 0.684. The van der Waals surface area contributed by atoms with Gasteiger partial charge in [-0.15, -0.1) is 11.6 Å². The van der Waals surface area contributed by atoms with Crippen molar-refractivity contribution in [3.05, 3.63) is 35.1 Å². The first-order valence-corrected chi connectivity index (χ1v) is 5.03. The summed E-state index contributed by atoms with van der Waals surface area (Å²) in [4.78, 5) is 0. The van der Waals surface area contributed by atoms with Crippen molar-refractivity contribution in [1.29, 1.82) is 0 Å². The number of alkyl halides is 4. The molecule has 0 saturated carbocycles. The van der Waals surface area contributed by atoms with Crippen LogP contribution in [0.3, 0.4) is 0 Å². The van der Waals surface area contributed by atoms with Crippen LogP contribution in [-0.4, -0.2) is 0 Å². The maximum absolute atomic E-state index is 13.2. The molecule has 0 aromatic heterocycles. The van der Waals surface area contributed by atoms with E-state index in [0.29, 0.717) is 5.56 Å². The van der Waals surface area contributed by atoms with Crippen molar-refractivity contribution in [2.75, 3.05) is 0 Å². The Bertz CT molecular complexity index is 306. The van der Waals surface area contributed by atoms with E-state index in [1.807, 2.05) is 0 Å². The Kier molecular flexibility index (Phi) is 3.70. The topological polar surface area (TPSA) is 0 Å². The summed E-state index contributed by atoms with van der Waals surface area (Å²) in [5, 5.41) is 0. The summed E-state index contributed by atoms with van der Waals surface area (Å²) in [6, 6.07) is 4.29. The van der Waals surface area contributed by atoms with Crippen LogP contribution in [0.2, 0.25) is 0 Å². The summed E-state index contributed by atoms with van der Waals surface area (Å²) >= 11 is 22.1. The molecule has 0 atom stereocenters. The summed E-state index contributed by atoms with van der Waals surface area (Å²) in [6.07, 6.45) is 0. The molecule has 0 unspecified atom stereocenters. The summed E-state index contributed by atoms with van der Waals surface area (Å²) < 4.78 is 11.5. The van der Waals surface area contributed by atoms with Crippen LogP contribution in [0.5, 0.6) is 0 Å². The monoisotopic (exact) mass is 260 g/mol. The van der Waals surface area contributed by atoms with Gasteiger partial charge in [0, 0.05) is 11.4 Å². The lowest BCUT2D eigenvalue weighted by Gasteiger charge is -2.12. The van der Waals surface area contributed by atoms with Crippen molar-refractivity contribution in [3.63, 3.8) is 0 Å². The van der Waals surface area contributed by atoms with Crippen LogP contribution in [0.15, 0.2) is 18.2 Å². The fraction of sp³-hybridized carbons (Fsp3) is 0.250. The average molecular weight is 262 g/mol. The molecule has 0 aliphatic rings. The molecule has 0 aliphatic heterocycles. The van der Waals surface area contributed by atoms with Gasteiger partial charge in [0.15, 0.2) is 0 Å². The Labute approximate surface area is 95.5 Å². The fourth-order valence-corrected chi connectivity index (χ4v) is 1.50. The summed E-state index contributed by atoms with van der Waals surface area (Å²) in [6.45, 7) is 0. The molecule has 0 aliphatic carbocycles. The van der Waals surface area contributed by atoms with Crippen LogP contribution in [0.4, 0.5) is 4.39 Å². The third-order valence-electron chi connectivity index (χ3n) is 1.49. The van der Waals surface area contributed by atoms with E-state index in [1.54, 1.807) is 6.07 Å². The highest BCUT2D eigenvalue weighted by Crippen LogP contribution is 2.39. The minimum atomic E-state index is -1.73. The van der Waals surface area contributed by atoms with Crippen LogP contribution in [0.25, 0.3) is 0 Å². The van der Waals surface area contributed by atoms with Crippen molar-refractivity contribution in [2.45, 2.75) is 9.67 Å². The average Bonchev–Trinajstić information content (AvgIpc) is 2.01. The number of hydrogen-bond donors (Lipinski definition) is 0. The Morgan fingerprint density at radius 3 is 2.23 bits per heavy atom. The van der Waals surface area contributed by atoms with Crippen molar-refractivity contribution in [2.24, 2.45) is 0 Å². The third-order valence-corrected chi connectivity index (χ3v) is 2.41. The van der Waals surface area contributed by atoms with E-state index in [1.165, 1.54) is 12.1 Å². The molecule has 0 N–H and O–H groups in total. The Morgan fingerprint density at radius 1 is 1.23 bits per heavy atom. The molecule has 13 heavy (non-hydrogen) atoms. The zero-order valence-corrected chi connectivity index (χ0v) is 9.35. The van der Waals surface area contributed by atoms with Crippen LogP contribution in [-0.2, 0) is 9.67 Å². The van der Waals surface area contributed by atoms with Crippen molar-refractivity contribution in [3.8, 4) is 0 Å². The second kappa shape index (κ2) is 4.22. The molecule has 5 heteroatoms. The first kappa shape index (κ1) is 11.4. The quantitative estimate of drug-likeness (QED) is 0.658. The SMILES string of the molecule is Fc1cc(CCl)ccc1C(Cl)(Cl)Cl. The van der Waals surface area contributed by atoms with Gasteiger partial charge in [-0.25, -0.2) is 4.39 Å². The zero-order valence-electron chi connectivity index (χ0n) is 6.33. The molecular formula is C8H5Cl4F. The Balaban J connectivity index is 3.13. The maximum Gasteiger partial charge on any atom is 0.218 e. The molecule has 72 valence electrons. The lowest BCUT2D eigenvalue weighted by molar-refractivity contribution is 0.611. The Morgan fingerprint density at radius 2 is 1.85 bits per heavy atom. The largest absolute Gasteiger partial charge is 0.218 e. The van der Waals surface area contributed by atoms with Crippen molar-refractivity contribution < 1.29 is 4.39 Å². The first-order chi connectivity index (χ1) is 5.95. The third kappa shape index (κ3) is 2.88. The van der Waals surface area contributed by atoms with Crippen LogP contribution in [0, 0.1) is 5.82 Å². The molecule has 0 nitrogen and oxygen atoms in total. The predicted octanol–water partition coefficient (Wildman–Crippen LogP) is 4.39. The number of rotatable bonds is 1. The van der Waals surface area contributed by atoms with E-state index in [4.69, 9.17) is 46.4 Å². The lowest BCUT2D eigenvalue weighted by atomic mass is 10.1. The minimum absolute atomic E-state index is 0.0337. The van der Waals surface area contributed by atoms with Crippen LogP contribution < -0.4 is 0 Å². The van der Waals surface area contributed by atoms with Gasteiger partial charge in [0.25, 0.3) is 0 Å². The summed E-state index contributed by atoms with van der Waals surface area (Å²) in [5.74, 6) is -0.324. The number of benzene rings is 1. The van der Waals surface area contributed by atoms with Crippen molar-refractivity contribution in [1.82, 2.24) is 0 Å². The predicted molar refractivity (Wildman–Crippen MR) is 55.2 cm³/mol. The highest BCUT2D eigenvalue weighted by atomic mass is 35.6. The molecule has 1 rings (SSSR count). The summed E-state index contributed by atoms with van der Waals surface area (Å²) in [7, 11) is 0. The number of hydrogen-bond acceptors (Lipinski definition) is 0. The highest BCUT2D eigenvalue weighted by molar-refractivity contribution is 6.66. The van der Waals surface area contributed by atoms with Crippen molar-refractivity contribution >= 4 is 46.4 Å². The maximum atomic E-state index is 13.2. The molecule has 0 spiro atoms. The number of halogens is 5.